The van der Waals surface area contributed by atoms with Crippen LogP contribution in [-0.2, 0) is 28.6 Å². The Hall–Kier alpha value is -3.67. The van der Waals surface area contributed by atoms with E-state index in [9.17, 15) is 14.4 Å². The normalized spacial score (nSPS) is 12.7. The third-order valence-electron chi connectivity index (χ3n) is 14.3. The molecule has 0 fully saturated rings. The molecule has 0 aliphatic carbocycles. The smallest absolute Gasteiger partial charge is 0.306 e. The molecule has 0 aromatic rings. The standard InChI is InChI=1S/C72H124O6/c1-4-7-10-13-16-19-22-24-26-28-29-30-31-32-33-34-35-36-37-38-39-40-41-42-43-44-46-47-50-53-56-59-62-65-71(74)77-68-69(67-76-70(73)64-61-58-55-52-49-21-18-15-12-9-6-3)78-72(75)66-63-60-57-54-51-48-45-27-25-23-20-17-14-11-8-5-2/h7,10,16,19-20,23-24,26-27,29-30,32-33,35-36,45,69H,4-6,8-9,11-15,17-18,21-22,25,28,31,34,37-44,46-68H2,1-3H3/b10-7-,19-16-,23-20-,26-24-,30-29-,33-32-,36-35-,45-27-. The van der Waals surface area contributed by atoms with Gasteiger partial charge in [0.1, 0.15) is 13.2 Å². The first-order chi connectivity index (χ1) is 38.5. The van der Waals surface area contributed by atoms with Gasteiger partial charge in [-0.05, 0) is 103 Å². The Morgan fingerprint density at radius 1 is 0.269 bits per heavy atom. The fraction of sp³-hybridized carbons (Fsp3) is 0.736. The van der Waals surface area contributed by atoms with Crippen LogP contribution in [0.2, 0.25) is 0 Å². The molecule has 0 amide bonds. The number of hydrogen-bond donors (Lipinski definition) is 0. The molecular formula is C72H124O6. The highest BCUT2D eigenvalue weighted by Gasteiger charge is 2.19. The second-order valence-electron chi connectivity index (χ2n) is 22.0. The highest BCUT2D eigenvalue weighted by atomic mass is 16.6. The van der Waals surface area contributed by atoms with Crippen molar-refractivity contribution < 1.29 is 28.6 Å². The molecule has 0 aromatic carbocycles. The Kier molecular flexibility index (Phi) is 62.7. The van der Waals surface area contributed by atoms with Gasteiger partial charge in [0.25, 0.3) is 0 Å². The highest BCUT2D eigenvalue weighted by Crippen LogP contribution is 2.17. The average molecular weight is 1090 g/mol. The summed E-state index contributed by atoms with van der Waals surface area (Å²) in [7, 11) is 0. The molecule has 0 bridgehead atoms. The van der Waals surface area contributed by atoms with Crippen LogP contribution in [0.3, 0.4) is 0 Å². The van der Waals surface area contributed by atoms with Gasteiger partial charge in [0.15, 0.2) is 6.10 Å². The molecule has 6 nitrogen and oxygen atoms in total. The maximum absolute atomic E-state index is 12.9. The van der Waals surface area contributed by atoms with Crippen molar-refractivity contribution in [3.05, 3.63) is 97.2 Å². The van der Waals surface area contributed by atoms with Crippen LogP contribution in [0, 0.1) is 0 Å². The van der Waals surface area contributed by atoms with Crippen LogP contribution in [0.5, 0.6) is 0 Å². The van der Waals surface area contributed by atoms with E-state index < -0.39 is 6.10 Å². The summed E-state index contributed by atoms with van der Waals surface area (Å²) in [6, 6.07) is 0. The number of unbranched alkanes of at least 4 members (excludes halogenated alkanes) is 33. The van der Waals surface area contributed by atoms with Crippen LogP contribution in [0.1, 0.15) is 323 Å². The van der Waals surface area contributed by atoms with Crippen molar-refractivity contribution in [2.75, 3.05) is 13.2 Å². The van der Waals surface area contributed by atoms with Gasteiger partial charge in [-0.15, -0.1) is 0 Å². The zero-order valence-electron chi connectivity index (χ0n) is 51.4. The lowest BCUT2D eigenvalue weighted by Gasteiger charge is -2.18. The summed E-state index contributed by atoms with van der Waals surface area (Å²) in [5.74, 6) is -0.882. The minimum atomic E-state index is -0.782. The summed E-state index contributed by atoms with van der Waals surface area (Å²) in [6.07, 6.45) is 88.6. The first kappa shape index (κ1) is 74.3. The van der Waals surface area contributed by atoms with Gasteiger partial charge in [-0.2, -0.15) is 0 Å². The fourth-order valence-electron chi connectivity index (χ4n) is 9.36. The number of carbonyl (C=O) groups excluding carboxylic acids is 3. The molecule has 1 atom stereocenters. The third kappa shape index (κ3) is 63.2. The number of rotatable bonds is 60. The van der Waals surface area contributed by atoms with Crippen LogP contribution in [0.15, 0.2) is 97.2 Å². The summed E-state index contributed by atoms with van der Waals surface area (Å²) < 4.78 is 16.9. The van der Waals surface area contributed by atoms with Crippen molar-refractivity contribution in [3.63, 3.8) is 0 Å². The van der Waals surface area contributed by atoms with Gasteiger partial charge in [0.05, 0.1) is 0 Å². The minimum Gasteiger partial charge on any atom is -0.462 e. The van der Waals surface area contributed by atoms with Crippen molar-refractivity contribution in [3.8, 4) is 0 Å². The maximum Gasteiger partial charge on any atom is 0.306 e. The predicted molar refractivity (Wildman–Crippen MR) is 339 cm³/mol. The van der Waals surface area contributed by atoms with Crippen LogP contribution in [-0.4, -0.2) is 37.2 Å². The largest absolute Gasteiger partial charge is 0.462 e. The van der Waals surface area contributed by atoms with Gasteiger partial charge in [-0.3, -0.25) is 14.4 Å². The van der Waals surface area contributed by atoms with E-state index in [4.69, 9.17) is 14.2 Å². The molecule has 1 unspecified atom stereocenters. The summed E-state index contributed by atoms with van der Waals surface area (Å²) in [5.41, 5.74) is 0. The van der Waals surface area contributed by atoms with E-state index in [1.807, 2.05) is 0 Å². The number of esters is 3. The van der Waals surface area contributed by atoms with Gasteiger partial charge in [0.2, 0.25) is 0 Å². The van der Waals surface area contributed by atoms with E-state index in [2.05, 4.69) is 118 Å². The van der Waals surface area contributed by atoms with E-state index in [0.717, 1.165) is 122 Å². The summed E-state index contributed by atoms with van der Waals surface area (Å²) in [4.78, 5) is 38.2. The molecule has 0 aliphatic heterocycles. The molecule has 0 aliphatic rings. The highest BCUT2D eigenvalue weighted by molar-refractivity contribution is 5.71. The van der Waals surface area contributed by atoms with Crippen molar-refractivity contribution in [1.29, 1.82) is 0 Å². The number of ether oxygens (including phenoxy) is 3. The molecule has 0 spiro atoms. The minimum absolute atomic E-state index is 0.0789. The van der Waals surface area contributed by atoms with E-state index in [1.54, 1.807) is 0 Å². The van der Waals surface area contributed by atoms with Gasteiger partial charge >= 0.3 is 17.9 Å². The number of hydrogen-bond acceptors (Lipinski definition) is 6. The molecule has 0 radical (unpaired) electrons. The van der Waals surface area contributed by atoms with E-state index >= 15 is 0 Å². The van der Waals surface area contributed by atoms with Crippen LogP contribution in [0.4, 0.5) is 0 Å². The molecule has 0 heterocycles. The zero-order valence-corrected chi connectivity index (χ0v) is 51.4. The zero-order chi connectivity index (χ0) is 56.4. The Morgan fingerprint density at radius 3 is 0.795 bits per heavy atom. The molecule has 0 saturated heterocycles. The number of carbonyl (C=O) groups is 3. The average Bonchev–Trinajstić information content (AvgIpc) is 3.44. The fourth-order valence-corrected chi connectivity index (χ4v) is 9.36. The Balaban J connectivity index is 4.16. The second-order valence-corrected chi connectivity index (χ2v) is 22.0. The topological polar surface area (TPSA) is 78.9 Å². The molecule has 6 heteroatoms. The van der Waals surface area contributed by atoms with E-state index in [1.165, 1.54) is 161 Å². The molecule has 78 heavy (non-hydrogen) atoms. The molecule has 448 valence electrons. The third-order valence-corrected chi connectivity index (χ3v) is 14.3. The Morgan fingerprint density at radius 2 is 0.500 bits per heavy atom. The van der Waals surface area contributed by atoms with Crippen LogP contribution in [0.25, 0.3) is 0 Å². The lowest BCUT2D eigenvalue weighted by atomic mass is 10.0. The second kappa shape index (κ2) is 65.8. The van der Waals surface area contributed by atoms with Crippen molar-refractivity contribution in [1.82, 2.24) is 0 Å². The van der Waals surface area contributed by atoms with Gasteiger partial charge in [-0.1, -0.05) is 298 Å². The molecule has 0 aromatic heterocycles. The van der Waals surface area contributed by atoms with Gasteiger partial charge < -0.3 is 14.2 Å². The lowest BCUT2D eigenvalue weighted by molar-refractivity contribution is -0.167. The quantitative estimate of drug-likeness (QED) is 0.0261. The van der Waals surface area contributed by atoms with Crippen LogP contribution >= 0.6 is 0 Å². The summed E-state index contributed by atoms with van der Waals surface area (Å²) in [6.45, 7) is 6.52. The SMILES string of the molecule is CC/C=C\C/C=C\C/C=C\C/C=C\C/C=C\C/C=C\CCCCCCCCCCCCCCCCC(=O)OCC(COC(=O)CCCCCCCCCCCCC)OC(=O)CCCCCCC/C=C\C/C=C\CCCCCC. The lowest BCUT2D eigenvalue weighted by Crippen LogP contribution is -2.30. The number of allylic oxidation sites excluding steroid dienone is 16. The van der Waals surface area contributed by atoms with Gasteiger partial charge in [0, 0.05) is 19.3 Å². The molecule has 0 N–H and O–H groups in total. The Labute approximate surface area is 483 Å². The van der Waals surface area contributed by atoms with Crippen molar-refractivity contribution in [2.24, 2.45) is 0 Å². The summed E-state index contributed by atoms with van der Waals surface area (Å²) in [5, 5.41) is 0. The van der Waals surface area contributed by atoms with Crippen LogP contribution < -0.4 is 0 Å². The first-order valence-electron chi connectivity index (χ1n) is 33.2. The molecule has 0 saturated carbocycles. The predicted octanol–water partition coefficient (Wildman–Crippen LogP) is 22.8. The first-order valence-corrected chi connectivity index (χ1v) is 33.2. The molecule has 0 rings (SSSR count). The summed E-state index contributed by atoms with van der Waals surface area (Å²) >= 11 is 0. The van der Waals surface area contributed by atoms with Crippen molar-refractivity contribution >= 4 is 17.9 Å². The maximum atomic E-state index is 12.9. The van der Waals surface area contributed by atoms with Crippen molar-refractivity contribution in [2.45, 2.75) is 329 Å². The Bertz CT molecular complexity index is 1530. The van der Waals surface area contributed by atoms with Gasteiger partial charge in [-0.25, -0.2) is 0 Å². The van der Waals surface area contributed by atoms with E-state index in [0.29, 0.717) is 19.3 Å². The van der Waals surface area contributed by atoms with E-state index in [-0.39, 0.29) is 31.1 Å². The molecular weight excluding hydrogens is 961 g/mol. The monoisotopic (exact) mass is 1080 g/mol.